The van der Waals surface area contributed by atoms with Crippen molar-refractivity contribution in [3.63, 3.8) is 0 Å². The molecule has 4 heteroatoms. The first-order valence-electron chi connectivity index (χ1n) is 7.59. The summed E-state index contributed by atoms with van der Waals surface area (Å²) in [4.78, 5) is 0. The SMILES string of the molecule is CC1(C2CCC2)CNc2nnc(-c3ccccc3O)cc21. The summed E-state index contributed by atoms with van der Waals surface area (Å²) in [6, 6.07) is 9.41. The highest BCUT2D eigenvalue weighted by Gasteiger charge is 2.44. The van der Waals surface area contributed by atoms with E-state index in [1.54, 1.807) is 6.07 Å². The molecule has 21 heavy (non-hydrogen) atoms. The van der Waals surface area contributed by atoms with Gasteiger partial charge in [0.05, 0.1) is 5.69 Å². The van der Waals surface area contributed by atoms with E-state index in [-0.39, 0.29) is 11.2 Å². The van der Waals surface area contributed by atoms with E-state index in [9.17, 15) is 5.11 Å². The zero-order chi connectivity index (χ0) is 14.4. The van der Waals surface area contributed by atoms with Gasteiger partial charge in [-0.2, -0.15) is 0 Å². The first-order valence-corrected chi connectivity index (χ1v) is 7.59. The zero-order valence-corrected chi connectivity index (χ0v) is 12.1. The molecule has 4 rings (SSSR count). The van der Waals surface area contributed by atoms with Gasteiger partial charge in [-0.25, -0.2) is 0 Å². The number of para-hydroxylation sites is 1. The molecule has 0 bridgehead atoms. The number of hydrogen-bond donors (Lipinski definition) is 2. The minimum absolute atomic E-state index is 0.142. The van der Waals surface area contributed by atoms with Crippen LogP contribution in [0.2, 0.25) is 0 Å². The van der Waals surface area contributed by atoms with Gasteiger partial charge in [-0.1, -0.05) is 25.5 Å². The lowest BCUT2D eigenvalue weighted by Crippen LogP contribution is -2.38. The Kier molecular flexibility index (Phi) is 2.67. The van der Waals surface area contributed by atoms with Crippen LogP contribution in [-0.4, -0.2) is 21.8 Å². The normalized spacial score (nSPS) is 24.2. The van der Waals surface area contributed by atoms with Gasteiger partial charge < -0.3 is 10.4 Å². The van der Waals surface area contributed by atoms with E-state index in [0.717, 1.165) is 29.5 Å². The van der Waals surface area contributed by atoms with Gasteiger partial charge in [0.2, 0.25) is 0 Å². The number of phenolic OH excluding ortho intramolecular Hbond substituents is 1. The van der Waals surface area contributed by atoms with Crippen molar-refractivity contribution < 1.29 is 5.11 Å². The average molecular weight is 281 g/mol. The van der Waals surface area contributed by atoms with Crippen LogP contribution < -0.4 is 5.32 Å². The lowest BCUT2D eigenvalue weighted by molar-refractivity contribution is 0.194. The first-order chi connectivity index (χ1) is 10.2. The molecule has 1 aromatic carbocycles. The quantitative estimate of drug-likeness (QED) is 0.886. The molecule has 0 saturated heterocycles. The van der Waals surface area contributed by atoms with E-state index in [1.165, 1.54) is 24.8 Å². The van der Waals surface area contributed by atoms with E-state index in [4.69, 9.17) is 0 Å². The summed E-state index contributed by atoms with van der Waals surface area (Å²) in [5.74, 6) is 1.89. The van der Waals surface area contributed by atoms with E-state index < -0.39 is 0 Å². The Balaban J connectivity index is 1.81. The highest BCUT2D eigenvalue weighted by molar-refractivity contribution is 5.69. The number of hydrogen-bond acceptors (Lipinski definition) is 4. The molecular formula is C17H19N3O. The van der Waals surface area contributed by atoms with Crippen molar-refractivity contribution in [1.29, 1.82) is 0 Å². The Hall–Kier alpha value is -2.10. The van der Waals surface area contributed by atoms with Crippen LogP contribution in [0.3, 0.4) is 0 Å². The summed E-state index contributed by atoms with van der Waals surface area (Å²) in [6.07, 6.45) is 3.93. The Bertz CT molecular complexity index is 696. The summed E-state index contributed by atoms with van der Waals surface area (Å²) in [5, 5.41) is 22.0. The van der Waals surface area contributed by atoms with Crippen LogP contribution in [0.15, 0.2) is 30.3 Å². The van der Waals surface area contributed by atoms with Gasteiger partial charge in [0.1, 0.15) is 5.75 Å². The highest BCUT2D eigenvalue weighted by Crippen LogP contribution is 2.49. The van der Waals surface area contributed by atoms with Crippen molar-refractivity contribution in [2.75, 3.05) is 11.9 Å². The van der Waals surface area contributed by atoms with Gasteiger partial charge >= 0.3 is 0 Å². The Labute approximate surface area is 124 Å². The molecule has 1 fully saturated rings. The van der Waals surface area contributed by atoms with Crippen molar-refractivity contribution in [2.45, 2.75) is 31.6 Å². The third-order valence-electron chi connectivity index (χ3n) is 5.22. The molecular weight excluding hydrogens is 262 g/mol. The van der Waals surface area contributed by atoms with Gasteiger partial charge in [0.15, 0.2) is 5.82 Å². The Morgan fingerprint density at radius 2 is 2.05 bits per heavy atom. The molecule has 0 amide bonds. The van der Waals surface area contributed by atoms with E-state index in [0.29, 0.717) is 0 Å². The molecule has 2 aliphatic rings. The Morgan fingerprint density at radius 3 is 2.76 bits per heavy atom. The molecule has 1 aliphatic carbocycles. The summed E-state index contributed by atoms with van der Waals surface area (Å²) in [5.41, 5.74) is 2.89. The van der Waals surface area contributed by atoms with Crippen molar-refractivity contribution >= 4 is 5.82 Å². The monoisotopic (exact) mass is 281 g/mol. The predicted octanol–water partition coefficient (Wildman–Crippen LogP) is 3.33. The second-order valence-corrected chi connectivity index (χ2v) is 6.41. The van der Waals surface area contributed by atoms with Gasteiger partial charge in [0, 0.05) is 23.1 Å². The number of fused-ring (bicyclic) bond motifs is 1. The molecule has 1 unspecified atom stereocenters. The number of aromatic hydroxyl groups is 1. The number of phenols is 1. The maximum absolute atomic E-state index is 10.0. The molecule has 2 N–H and O–H groups in total. The molecule has 0 spiro atoms. The number of aromatic nitrogens is 2. The number of benzene rings is 1. The average Bonchev–Trinajstić information content (AvgIpc) is 2.75. The molecule has 1 atom stereocenters. The minimum atomic E-state index is 0.142. The van der Waals surface area contributed by atoms with Crippen LogP contribution in [-0.2, 0) is 5.41 Å². The smallest absolute Gasteiger partial charge is 0.152 e. The number of rotatable bonds is 2. The molecule has 2 heterocycles. The predicted molar refractivity (Wildman–Crippen MR) is 82.3 cm³/mol. The molecule has 2 aromatic rings. The van der Waals surface area contributed by atoms with Gasteiger partial charge in [-0.3, -0.25) is 0 Å². The molecule has 1 aliphatic heterocycles. The van der Waals surface area contributed by atoms with E-state index >= 15 is 0 Å². The Morgan fingerprint density at radius 1 is 1.24 bits per heavy atom. The van der Waals surface area contributed by atoms with Crippen molar-refractivity contribution in [2.24, 2.45) is 5.92 Å². The van der Waals surface area contributed by atoms with Gasteiger partial charge in [-0.15, -0.1) is 10.2 Å². The maximum Gasteiger partial charge on any atom is 0.152 e. The van der Waals surface area contributed by atoms with Gasteiger partial charge in [0.25, 0.3) is 0 Å². The standard InChI is InChI=1S/C17H19N3O/c1-17(11-5-4-6-11)10-18-16-13(17)9-14(19-20-16)12-7-2-3-8-15(12)21/h2-3,7-9,11,21H,4-6,10H2,1H3,(H,18,20). The van der Waals surface area contributed by atoms with Crippen molar-refractivity contribution in [3.05, 3.63) is 35.9 Å². The van der Waals surface area contributed by atoms with Crippen LogP contribution >= 0.6 is 0 Å². The van der Waals surface area contributed by atoms with Gasteiger partial charge in [-0.05, 0) is 37.0 Å². The third-order valence-corrected chi connectivity index (χ3v) is 5.22. The summed E-state index contributed by atoms with van der Waals surface area (Å²) in [7, 11) is 0. The lowest BCUT2D eigenvalue weighted by atomic mass is 9.64. The topological polar surface area (TPSA) is 58.0 Å². The molecule has 1 aromatic heterocycles. The second-order valence-electron chi connectivity index (χ2n) is 6.41. The van der Waals surface area contributed by atoms with Crippen LogP contribution in [0.1, 0.15) is 31.7 Å². The fourth-order valence-corrected chi connectivity index (χ4v) is 3.55. The summed E-state index contributed by atoms with van der Waals surface area (Å²) in [6.45, 7) is 3.26. The van der Waals surface area contributed by atoms with Crippen LogP contribution in [0.25, 0.3) is 11.3 Å². The molecule has 108 valence electrons. The zero-order valence-electron chi connectivity index (χ0n) is 12.1. The van der Waals surface area contributed by atoms with E-state index in [2.05, 4.69) is 28.5 Å². The summed E-state index contributed by atoms with van der Waals surface area (Å²) < 4.78 is 0. The number of nitrogens with one attached hydrogen (secondary N) is 1. The lowest BCUT2D eigenvalue weighted by Gasteiger charge is -2.40. The highest BCUT2D eigenvalue weighted by atomic mass is 16.3. The summed E-state index contributed by atoms with van der Waals surface area (Å²) >= 11 is 0. The molecule has 1 saturated carbocycles. The fourth-order valence-electron chi connectivity index (χ4n) is 3.55. The van der Waals surface area contributed by atoms with Crippen LogP contribution in [0.5, 0.6) is 5.75 Å². The molecule has 0 radical (unpaired) electrons. The van der Waals surface area contributed by atoms with E-state index in [1.807, 2.05) is 18.2 Å². The minimum Gasteiger partial charge on any atom is -0.507 e. The van der Waals surface area contributed by atoms with Crippen LogP contribution in [0, 0.1) is 5.92 Å². The number of anilines is 1. The molecule has 4 nitrogen and oxygen atoms in total. The largest absolute Gasteiger partial charge is 0.507 e. The van der Waals surface area contributed by atoms with Crippen LogP contribution in [0.4, 0.5) is 5.82 Å². The fraction of sp³-hybridized carbons (Fsp3) is 0.412. The van der Waals surface area contributed by atoms with Crippen molar-refractivity contribution in [3.8, 4) is 17.0 Å². The second kappa shape index (κ2) is 4.45. The number of nitrogens with zero attached hydrogens (tertiary/aromatic N) is 2. The third kappa shape index (κ3) is 1.82. The van der Waals surface area contributed by atoms with Crippen molar-refractivity contribution in [1.82, 2.24) is 10.2 Å². The first kappa shape index (κ1) is 12.6. The maximum atomic E-state index is 10.0.